The Morgan fingerprint density at radius 2 is 1.93 bits per heavy atom. The van der Waals surface area contributed by atoms with Gasteiger partial charge in [0.05, 0.1) is 16.5 Å². The van der Waals surface area contributed by atoms with Crippen molar-refractivity contribution in [2.45, 2.75) is 18.3 Å². The third-order valence-electron chi connectivity index (χ3n) is 5.63. The number of benzene rings is 2. The second-order valence-corrected chi connectivity index (χ2v) is 7.14. The summed E-state index contributed by atoms with van der Waals surface area (Å²) >= 11 is 0. The molecule has 2 aromatic carbocycles. The highest BCUT2D eigenvalue weighted by Gasteiger charge is 2.49. The molecule has 3 aromatic rings. The second-order valence-electron chi connectivity index (χ2n) is 7.14. The number of carbonyl (C=O) groups excluding carboxylic acids is 2. The highest BCUT2D eigenvalue weighted by molar-refractivity contribution is 6.08. The van der Waals surface area contributed by atoms with E-state index in [0.29, 0.717) is 29.7 Å². The molecule has 6 heteroatoms. The van der Waals surface area contributed by atoms with Gasteiger partial charge in [-0.2, -0.15) is 0 Å². The van der Waals surface area contributed by atoms with Crippen molar-refractivity contribution in [3.63, 3.8) is 0 Å². The number of likely N-dealkylation sites (tertiary alicyclic amines) is 1. The Morgan fingerprint density at radius 1 is 1.07 bits per heavy atom. The number of nitrogens with one attached hydrogen (secondary N) is 1. The van der Waals surface area contributed by atoms with Crippen molar-refractivity contribution < 1.29 is 9.59 Å². The molecule has 1 spiro atoms. The topological polar surface area (TPSA) is 75.2 Å². The van der Waals surface area contributed by atoms with E-state index in [9.17, 15) is 9.59 Å². The Morgan fingerprint density at radius 3 is 2.85 bits per heavy atom. The molecule has 5 rings (SSSR count). The predicted molar refractivity (Wildman–Crippen MR) is 101 cm³/mol. The van der Waals surface area contributed by atoms with Crippen LogP contribution in [0.1, 0.15) is 28.8 Å². The maximum atomic E-state index is 13.3. The largest absolute Gasteiger partial charge is 0.337 e. The molecular weight excluding hydrogens is 340 g/mol. The molecule has 0 bridgehead atoms. The second kappa shape index (κ2) is 5.87. The molecule has 0 radical (unpaired) electrons. The van der Waals surface area contributed by atoms with E-state index >= 15 is 0 Å². The average Bonchev–Trinajstić information content (AvgIpc) is 2.98. The van der Waals surface area contributed by atoms with Crippen molar-refractivity contribution in [2.24, 2.45) is 0 Å². The summed E-state index contributed by atoms with van der Waals surface area (Å²) in [6.07, 6.45) is 4.74. The quantitative estimate of drug-likeness (QED) is 0.726. The molecule has 27 heavy (non-hydrogen) atoms. The summed E-state index contributed by atoms with van der Waals surface area (Å²) in [5.74, 6) is -0.115. The number of anilines is 1. The van der Waals surface area contributed by atoms with Gasteiger partial charge in [-0.25, -0.2) is 0 Å². The van der Waals surface area contributed by atoms with E-state index in [4.69, 9.17) is 0 Å². The Labute approximate surface area is 156 Å². The highest BCUT2D eigenvalue weighted by atomic mass is 16.2. The number of rotatable bonds is 1. The Kier molecular flexibility index (Phi) is 3.47. The molecule has 1 atom stereocenters. The monoisotopic (exact) mass is 358 g/mol. The lowest BCUT2D eigenvalue weighted by molar-refractivity contribution is -0.122. The minimum Gasteiger partial charge on any atom is -0.337 e. The van der Waals surface area contributed by atoms with E-state index in [0.717, 1.165) is 24.1 Å². The van der Waals surface area contributed by atoms with Gasteiger partial charge in [0.25, 0.3) is 5.91 Å². The van der Waals surface area contributed by atoms with Crippen LogP contribution in [0, 0.1) is 0 Å². The van der Waals surface area contributed by atoms with Crippen LogP contribution in [0.4, 0.5) is 5.69 Å². The summed E-state index contributed by atoms with van der Waals surface area (Å²) in [6, 6.07) is 13.2. The van der Waals surface area contributed by atoms with Crippen LogP contribution in [-0.4, -0.2) is 39.8 Å². The van der Waals surface area contributed by atoms with Crippen molar-refractivity contribution in [3.8, 4) is 0 Å². The van der Waals surface area contributed by atoms with Crippen LogP contribution in [0.25, 0.3) is 11.0 Å². The summed E-state index contributed by atoms with van der Waals surface area (Å²) in [7, 11) is 0. The summed E-state index contributed by atoms with van der Waals surface area (Å²) in [6.45, 7) is 1.01. The van der Waals surface area contributed by atoms with E-state index in [2.05, 4.69) is 15.3 Å². The van der Waals surface area contributed by atoms with Crippen LogP contribution >= 0.6 is 0 Å². The molecule has 2 aliphatic rings. The maximum Gasteiger partial charge on any atom is 0.256 e. The molecule has 2 amide bonds. The Balaban J connectivity index is 1.53. The number of carbonyl (C=O) groups is 2. The fourth-order valence-corrected chi connectivity index (χ4v) is 4.34. The number of fused-ring (bicyclic) bond motifs is 3. The molecule has 1 fully saturated rings. The van der Waals surface area contributed by atoms with Crippen LogP contribution in [0.5, 0.6) is 0 Å². The minimum atomic E-state index is -0.666. The van der Waals surface area contributed by atoms with Gasteiger partial charge >= 0.3 is 0 Å². The highest BCUT2D eigenvalue weighted by Crippen LogP contribution is 2.43. The SMILES string of the molecule is O=C(c1cccc2nccnc12)N1CCC[C@]2(C1)C(=O)Nc1ccccc12. The lowest BCUT2D eigenvalue weighted by Gasteiger charge is -2.39. The number of aromatic nitrogens is 2. The molecule has 1 aromatic heterocycles. The molecular formula is C21H18N4O2. The molecule has 0 saturated carbocycles. The number of amides is 2. The summed E-state index contributed by atoms with van der Waals surface area (Å²) in [4.78, 5) is 36.6. The van der Waals surface area contributed by atoms with E-state index in [-0.39, 0.29) is 11.8 Å². The van der Waals surface area contributed by atoms with Gasteiger partial charge in [0, 0.05) is 31.2 Å². The smallest absolute Gasteiger partial charge is 0.256 e. The predicted octanol–water partition coefficient (Wildman–Crippen LogP) is 2.76. The zero-order chi connectivity index (χ0) is 18.4. The fourth-order valence-electron chi connectivity index (χ4n) is 4.34. The molecule has 0 aliphatic carbocycles. The van der Waals surface area contributed by atoms with Crippen molar-refractivity contribution >= 4 is 28.5 Å². The van der Waals surface area contributed by atoms with Crippen molar-refractivity contribution in [2.75, 3.05) is 18.4 Å². The lowest BCUT2D eigenvalue weighted by atomic mass is 9.75. The third kappa shape index (κ3) is 2.33. The van der Waals surface area contributed by atoms with Crippen LogP contribution in [-0.2, 0) is 10.2 Å². The molecule has 6 nitrogen and oxygen atoms in total. The van der Waals surface area contributed by atoms with E-state index in [1.807, 2.05) is 36.4 Å². The number of hydrogen-bond acceptors (Lipinski definition) is 4. The first-order chi connectivity index (χ1) is 13.2. The van der Waals surface area contributed by atoms with E-state index in [1.54, 1.807) is 23.4 Å². The van der Waals surface area contributed by atoms with Gasteiger partial charge in [0.2, 0.25) is 5.91 Å². The van der Waals surface area contributed by atoms with Crippen LogP contribution in [0.15, 0.2) is 54.9 Å². The first-order valence-electron chi connectivity index (χ1n) is 9.09. The molecule has 0 unspecified atom stereocenters. The number of nitrogens with zero attached hydrogens (tertiary/aromatic N) is 3. The molecule has 1 saturated heterocycles. The lowest BCUT2D eigenvalue weighted by Crippen LogP contribution is -2.51. The number of hydrogen-bond donors (Lipinski definition) is 1. The molecule has 3 heterocycles. The normalized spacial score (nSPS) is 21.3. The summed E-state index contributed by atoms with van der Waals surface area (Å²) < 4.78 is 0. The Hall–Kier alpha value is -3.28. The first-order valence-corrected chi connectivity index (χ1v) is 9.09. The molecule has 2 aliphatic heterocycles. The standard InChI is InChI=1S/C21H18N4O2/c26-19(14-5-3-8-17-18(14)23-11-10-22-17)25-12-4-9-21(13-25)15-6-1-2-7-16(15)24-20(21)27/h1-3,5-8,10-11H,4,9,12-13H2,(H,24,27)/t21-/m1/s1. The number of piperidine rings is 1. The van der Waals surface area contributed by atoms with E-state index in [1.165, 1.54) is 0 Å². The average molecular weight is 358 g/mol. The fraction of sp³-hybridized carbons (Fsp3) is 0.238. The minimum absolute atomic E-state index is 0.0149. The molecule has 134 valence electrons. The van der Waals surface area contributed by atoms with Crippen molar-refractivity contribution in [1.82, 2.24) is 14.9 Å². The van der Waals surface area contributed by atoms with Gasteiger partial charge in [-0.3, -0.25) is 19.6 Å². The van der Waals surface area contributed by atoms with Gasteiger partial charge in [0.1, 0.15) is 5.52 Å². The summed E-state index contributed by atoms with van der Waals surface area (Å²) in [5, 5.41) is 2.99. The molecule has 1 N–H and O–H groups in total. The van der Waals surface area contributed by atoms with Crippen LogP contribution in [0.2, 0.25) is 0 Å². The van der Waals surface area contributed by atoms with Gasteiger partial charge < -0.3 is 10.2 Å². The van der Waals surface area contributed by atoms with Gasteiger partial charge in [-0.05, 0) is 36.6 Å². The van der Waals surface area contributed by atoms with Crippen molar-refractivity contribution in [1.29, 1.82) is 0 Å². The van der Waals surface area contributed by atoms with E-state index < -0.39 is 5.41 Å². The van der Waals surface area contributed by atoms with Crippen LogP contribution < -0.4 is 5.32 Å². The Bertz CT molecular complexity index is 1080. The number of para-hydroxylation sites is 2. The van der Waals surface area contributed by atoms with Crippen LogP contribution in [0.3, 0.4) is 0 Å². The van der Waals surface area contributed by atoms with Gasteiger partial charge in [-0.1, -0.05) is 24.3 Å². The zero-order valence-corrected chi connectivity index (χ0v) is 14.7. The summed E-state index contributed by atoms with van der Waals surface area (Å²) in [5.41, 5.74) is 3.00. The third-order valence-corrected chi connectivity index (χ3v) is 5.63. The first kappa shape index (κ1) is 15.9. The van der Waals surface area contributed by atoms with Gasteiger partial charge in [0.15, 0.2) is 0 Å². The van der Waals surface area contributed by atoms with Crippen molar-refractivity contribution in [3.05, 3.63) is 66.0 Å². The van der Waals surface area contributed by atoms with Gasteiger partial charge in [-0.15, -0.1) is 0 Å². The zero-order valence-electron chi connectivity index (χ0n) is 14.7. The maximum absolute atomic E-state index is 13.3.